The Bertz CT molecular complexity index is 721. The molecule has 0 bridgehead atoms. The van der Waals surface area contributed by atoms with Crippen molar-refractivity contribution < 1.29 is 18.9 Å². The Hall–Kier alpha value is -1.26. The Morgan fingerprint density at radius 2 is 1.94 bits per heavy atom. The highest BCUT2D eigenvalue weighted by Crippen LogP contribution is 2.35. The summed E-state index contributed by atoms with van der Waals surface area (Å²) >= 11 is 0. The van der Waals surface area contributed by atoms with Gasteiger partial charge in [-0.1, -0.05) is 12.1 Å². The number of ether oxygens (including phenoxy) is 4. The number of morpholine rings is 1. The maximum absolute atomic E-state index is 6.37. The molecule has 0 spiro atoms. The second-order valence-electron chi connectivity index (χ2n) is 8.28. The van der Waals surface area contributed by atoms with Crippen molar-refractivity contribution in [2.45, 2.75) is 63.4 Å². The number of para-hydroxylation sites is 1. The minimum Gasteiger partial charge on any atom is -0.493 e. The molecule has 2 atom stereocenters. The third-order valence-corrected chi connectivity index (χ3v) is 6.29. The van der Waals surface area contributed by atoms with Crippen LogP contribution in [0.15, 0.2) is 23.2 Å². The van der Waals surface area contributed by atoms with Crippen molar-refractivity contribution in [3.8, 4) is 11.5 Å². The largest absolute Gasteiger partial charge is 0.493 e. The van der Waals surface area contributed by atoms with Gasteiger partial charge in [-0.25, -0.2) is 0 Å². The van der Waals surface area contributed by atoms with Crippen LogP contribution in [0, 0.1) is 0 Å². The van der Waals surface area contributed by atoms with Crippen molar-refractivity contribution in [3.05, 3.63) is 23.8 Å². The second kappa shape index (κ2) is 12.1. The third kappa shape index (κ3) is 6.16. The number of benzene rings is 1. The number of hydrogen-bond acceptors (Lipinski definition) is 5. The van der Waals surface area contributed by atoms with E-state index in [1.165, 1.54) is 12.8 Å². The van der Waals surface area contributed by atoms with Crippen molar-refractivity contribution >= 4 is 29.9 Å². The minimum absolute atomic E-state index is 0. The molecule has 8 heteroatoms. The zero-order valence-corrected chi connectivity index (χ0v) is 21.0. The van der Waals surface area contributed by atoms with Crippen molar-refractivity contribution in [3.63, 3.8) is 0 Å². The summed E-state index contributed by atoms with van der Waals surface area (Å²) in [6, 6.07) is 6.08. The Morgan fingerprint density at radius 3 is 2.65 bits per heavy atom. The Morgan fingerprint density at radius 1 is 1.13 bits per heavy atom. The van der Waals surface area contributed by atoms with Crippen molar-refractivity contribution in [2.75, 3.05) is 40.5 Å². The monoisotopic (exact) mass is 545 g/mol. The summed E-state index contributed by atoms with van der Waals surface area (Å²) in [5, 5.41) is 3.53. The number of rotatable bonds is 6. The van der Waals surface area contributed by atoms with Gasteiger partial charge in [0.2, 0.25) is 0 Å². The van der Waals surface area contributed by atoms with Gasteiger partial charge in [0, 0.05) is 38.9 Å². The molecule has 2 aliphatic heterocycles. The van der Waals surface area contributed by atoms with Gasteiger partial charge in [0.15, 0.2) is 17.5 Å². The van der Waals surface area contributed by atoms with Crippen molar-refractivity contribution in [1.82, 2.24) is 10.2 Å². The quantitative estimate of drug-likeness (QED) is 0.335. The molecule has 0 amide bonds. The molecule has 2 heterocycles. The van der Waals surface area contributed by atoms with E-state index in [-0.39, 0.29) is 42.3 Å². The molecule has 1 N–H and O–H groups in total. The van der Waals surface area contributed by atoms with Crippen molar-refractivity contribution in [1.29, 1.82) is 0 Å². The SMILES string of the molecule is CN=C(NCc1cccc(OC)c1OC1CCCC1)N1CCOC(C2CCCO2)C1.I. The van der Waals surface area contributed by atoms with Gasteiger partial charge in [-0.2, -0.15) is 0 Å². The van der Waals surface area contributed by atoms with Crippen molar-refractivity contribution in [2.24, 2.45) is 4.99 Å². The molecular weight excluding hydrogens is 509 g/mol. The number of aliphatic imine (C=N–C) groups is 1. The molecular formula is C23H36IN3O4. The van der Waals surface area contributed by atoms with Crippen LogP contribution in [0.3, 0.4) is 0 Å². The van der Waals surface area contributed by atoms with Gasteiger partial charge in [-0.3, -0.25) is 4.99 Å². The standard InChI is InChI=1S/C23H35N3O4.HI/c1-24-23(26-12-14-29-21(16-26)19-11-6-13-28-19)25-15-17-7-5-10-20(27-2)22(17)30-18-8-3-4-9-18;/h5,7,10,18-19,21H,3-4,6,8-9,11-16H2,1-2H3,(H,24,25);1H. The van der Waals surface area contributed by atoms with E-state index in [1.54, 1.807) is 7.11 Å². The van der Waals surface area contributed by atoms with Gasteiger partial charge >= 0.3 is 0 Å². The molecule has 2 unspecified atom stereocenters. The number of methoxy groups -OCH3 is 1. The first-order valence-corrected chi connectivity index (χ1v) is 11.3. The van der Waals surface area contributed by atoms with Crippen LogP contribution < -0.4 is 14.8 Å². The van der Waals surface area contributed by atoms with E-state index < -0.39 is 0 Å². The molecule has 31 heavy (non-hydrogen) atoms. The molecule has 1 aromatic rings. The fourth-order valence-corrected chi connectivity index (χ4v) is 4.66. The second-order valence-corrected chi connectivity index (χ2v) is 8.28. The van der Waals surface area contributed by atoms with Gasteiger partial charge in [-0.15, -0.1) is 24.0 Å². The zero-order chi connectivity index (χ0) is 20.8. The number of hydrogen-bond donors (Lipinski definition) is 1. The number of nitrogens with one attached hydrogen (secondary N) is 1. The van der Waals surface area contributed by atoms with E-state index in [9.17, 15) is 0 Å². The molecule has 4 rings (SSSR count). The lowest BCUT2D eigenvalue weighted by atomic mass is 10.1. The minimum atomic E-state index is 0. The molecule has 1 aromatic carbocycles. The van der Waals surface area contributed by atoms with Crippen LogP contribution in [0.25, 0.3) is 0 Å². The van der Waals surface area contributed by atoms with E-state index in [0.717, 1.165) is 68.4 Å². The van der Waals surface area contributed by atoms with Crippen LogP contribution in [0.5, 0.6) is 11.5 Å². The predicted molar refractivity (Wildman–Crippen MR) is 132 cm³/mol. The fraction of sp³-hybridized carbons (Fsp3) is 0.696. The van der Waals surface area contributed by atoms with E-state index in [0.29, 0.717) is 13.2 Å². The lowest BCUT2D eigenvalue weighted by molar-refractivity contribution is -0.0817. The van der Waals surface area contributed by atoms with Crippen LogP contribution in [0.4, 0.5) is 0 Å². The molecule has 0 aromatic heterocycles. The molecule has 3 fully saturated rings. The molecule has 2 saturated heterocycles. The average molecular weight is 545 g/mol. The highest BCUT2D eigenvalue weighted by atomic mass is 127. The summed E-state index contributed by atoms with van der Waals surface area (Å²) in [5.74, 6) is 2.53. The summed E-state index contributed by atoms with van der Waals surface area (Å²) < 4.78 is 23.8. The lowest BCUT2D eigenvalue weighted by Gasteiger charge is -2.37. The van der Waals surface area contributed by atoms with E-state index in [2.05, 4.69) is 21.3 Å². The first-order valence-electron chi connectivity index (χ1n) is 11.3. The predicted octanol–water partition coefficient (Wildman–Crippen LogP) is 3.59. The topological polar surface area (TPSA) is 64.6 Å². The maximum atomic E-state index is 6.37. The molecule has 7 nitrogen and oxygen atoms in total. The first kappa shape index (κ1) is 24.4. The number of nitrogens with zero attached hydrogens (tertiary/aromatic N) is 2. The van der Waals surface area contributed by atoms with Crippen LogP contribution >= 0.6 is 24.0 Å². The van der Waals surface area contributed by atoms with Crippen LogP contribution in [0.1, 0.15) is 44.1 Å². The summed E-state index contributed by atoms with van der Waals surface area (Å²) in [5.41, 5.74) is 1.09. The van der Waals surface area contributed by atoms with Gasteiger partial charge in [0.1, 0.15) is 6.10 Å². The molecule has 174 valence electrons. The Labute approximate surface area is 202 Å². The van der Waals surface area contributed by atoms with E-state index >= 15 is 0 Å². The third-order valence-electron chi connectivity index (χ3n) is 6.29. The van der Waals surface area contributed by atoms with Crippen LogP contribution in [-0.4, -0.2) is 69.6 Å². The Kier molecular flexibility index (Phi) is 9.52. The fourth-order valence-electron chi connectivity index (χ4n) is 4.66. The zero-order valence-electron chi connectivity index (χ0n) is 18.7. The smallest absolute Gasteiger partial charge is 0.194 e. The molecule has 3 aliphatic rings. The summed E-state index contributed by atoms with van der Waals surface area (Å²) in [7, 11) is 3.53. The Balaban J connectivity index is 0.00000272. The first-order chi connectivity index (χ1) is 14.8. The normalized spacial score (nSPS) is 24.7. The van der Waals surface area contributed by atoms with E-state index in [1.807, 2.05) is 19.2 Å². The van der Waals surface area contributed by atoms with Gasteiger partial charge in [0.05, 0.1) is 25.9 Å². The maximum Gasteiger partial charge on any atom is 0.194 e. The van der Waals surface area contributed by atoms with Gasteiger partial charge in [0.25, 0.3) is 0 Å². The average Bonchev–Trinajstić information content (AvgIpc) is 3.50. The molecule has 0 radical (unpaired) electrons. The number of guanidine groups is 1. The molecule has 1 aliphatic carbocycles. The van der Waals surface area contributed by atoms with Crippen LogP contribution in [0.2, 0.25) is 0 Å². The van der Waals surface area contributed by atoms with E-state index in [4.69, 9.17) is 18.9 Å². The highest BCUT2D eigenvalue weighted by Gasteiger charge is 2.32. The number of halogens is 1. The summed E-state index contributed by atoms with van der Waals surface area (Å²) in [6.07, 6.45) is 7.51. The lowest BCUT2D eigenvalue weighted by Crippen LogP contribution is -2.53. The van der Waals surface area contributed by atoms with Crippen LogP contribution in [-0.2, 0) is 16.0 Å². The highest BCUT2D eigenvalue weighted by molar-refractivity contribution is 14.0. The van der Waals surface area contributed by atoms with Gasteiger partial charge < -0.3 is 29.2 Å². The summed E-state index contributed by atoms with van der Waals surface area (Å²) in [6.45, 7) is 3.80. The van der Waals surface area contributed by atoms with Gasteiger partial charge in [-0.05, 0) is 44.6 Å². The molecule has 1 saturated carbocycles. The summed E-state index contributed by atoms with van der Waals surface area (Å²) in [4.78, 5) is 6.80.